The standard InChI is InChI=1S/C85H158N26O21/c1-16-46(11)64(108-69(118)50(15)97-71(120)57(31-33-63(115)116)103-82(131)66(48(13)18-3)110-75(124)55(29-25-37-96-85(93)94)98-70(119)51(88)41-112)80(129)101-53(27-21-23-35-87)74(123)109-65(47(12)17-2)81(130)102-56(30-32-62(89)114)76(125)111-67(49(14)19-4)83(132)106-60(40-45(9)10)78(127)107-61(42-113)79(128)100-52(26-20-22-34-86)73(122)105-59(39-44(7)8)77(126)99-54(28-24-36-95-84(91)92)72(121)104-58(68(90)117)38-43(5)6/h43-61,64-67,112-113H,16-42,86-88H2,1-15H3,(H2,89,114)(H2,90,117)(H,97,120)(H,98,119)(H,99,126)(H,100,128)(H,101,129)(H,102,130)(H,103,131)(H,104,121)(H,105,122)(H,106,132)(H,107,127)(H,108,118)(H,109,123)(H,110,124)(H,111,125)(H,115,116)(H4,91,92,95)(H4,93,94,96)/t46-,47-,48-,49-,50-,51-,52-,53-,54-,55-,56-,57-,58-,59-,60-,61-,64-,65-,66-,67-/m0/s1. The van der Waals surface area contributed by atoms with E-state index in [0.717, 1.165) is 0 Å². The van der Waals surface area contributed by atoms with Gasteiger partial charge in [0.2, 0.25) is 100 Å². The van der Waals surface area contributed by atoms with Crippen LogP contribution in [0.25, 0.3) is 0 Å². The predicted octanol–water partition coefficient (Wildman–Crippen LogP) is -6.11. The zero-order valence-corrected chi connectivity index (χ0v) is 79.7. The van der Waals surface area contributed by atoms with Crippen LogP contribution in [0.15, 0.2) is 9.98 Å². The van der Waals surface area contributed by atoms with Crippen molar-refractivity contribution in [2.45, 2.75) is 335 Å². The molecule has 47 nitrogen and oxygen atoms in total. The van der Waals surface area contributed by atoms with Crippen LogP contribution in [0.1, 0.15) is 239 Å². The number of carbonyl (C=O) groups excluding carboxylic acids is 17. The van der Waals surface area contributed by atoms with E-state index in [2.05, 4.69) is 89.7 Å². The fourth-order valence-corrected chi connectivity index (χ4v) is 13.5. The molecule has 17 amide bonds. The third-order valence-corrected chi connectivity index (χ3v) is 22.2. The van der Waals surface area contributed by atoms with Crippen LogP contribution in [0.2, 0.25) is 0 Å². The van der Waals surface area contributed by atoms with Crippen LogP contribution in [0.5, 0.6) is 0 Å². The maximum absolute atomic E-state index is 14.8. The van der Waals surface area contributed by atoms with Crippen molar-refractivity contribution in [2.24, 2.45) is 103 Å². The highest BCUT2D eigenvalue weighted by molar-refractivity contribution is 6.01. The van der Waals surface area contributed by atoms with Gasteiger partial charge in [0.15, 0.2) is 11.9 Å². The number of carboxylic acids is 1. The molecular formula is C85H158N26O21. The van der Waals surface area contributed by atoms with Crippen molar-refractivity contribution in [1.82, 2.24) is 79.8 Å². The molecule has 47 heteroatoms. The molecule has 0 saturated carbocycles. The van der Waals surface area contributed by atoms with E-state index >= 15 is 0 Å². The summed E-state index contributed by atoms with van der Waals surface area (Å²) in [6.45, 7) is 23.7. The fraction of sp³-hybridized carbons (Fsp3) is 0.765. The zero-order chi connectivity index (χ0) is 101. The number of hydrogen-bond acceptors (Lipinski definition) is 25. The van der Waals surface area contributed by atoms with Crippen molar-refractivity contribution in [3.8, 4) is 0 Å². The number of nitrogens with one attached hydrogen (secondary N) is 15. The first-order valence-electron chi connectivity index (χ1n) is 45.8. The van der Waals surface area contributed by atoms with Gasteiger partial charge < -0.3 is 147 Å². The number of primary amides is 2. The number of nitrogens with two attached hydrogens (primary N) is 9. The summed E-state index contributed by atoms with van der Waals surface area (Å²) in [4.78, 5) is 259. The minimum atomic E-state index is -1.78. The molecule has 0 aromatic rings. The summed E-state index contributed by atoms with van der Waals surface area (Å²) in [5.41, 5.74) is 50.5. The maximum atomic E-state index is 14.8. The Labute approximate surface area is 774 Å². The third kappa shape index (κ3) is 47.2. The minimum absolute atomic E-state index is 0.0175. The lowest BCUT2D eigenvalue weighted by Gasteiger charge is -2.31. The summed E-state index contributed by atoms with van der Waals surface area (Å²) in [5, 5.41) is 68.9. The van der Waals surface area contributed by atoms with Crippen LogP contribution < -0.4 is 131 Å². The number of aliphatic carboxylic acids is 1. The predicted molar refractivity (Wildman–Crippen MR) is 493 cm³/mol. The van der Waals surface area contributed by atoms with Gasteiger partial charge in [-0.3, -0.25) is 96.3 Å². The number of amides is 17. The van der Waals surface area contributed by atoms with Gasteiger partial charge in [0.05, 0.1) is 13.2 Å². The largest absolute Gasteiger partial charge is 0.481 e. The first kappa shape index (κ1) is 121. The summed E-state index contributed by atoms with van der Waals surface area (Å²) < 4.78 is 0. The Bertz CT molecular complexity index is 3770. The van der Waals surface area contributed by atoms with Crippen molar-refractivity contribution < 1.29 is 102 Å². The molecule has 0 fully saturated rings. The van der Waals surface area contributed by atoms with E-state index in [-0.39, 0.29) is 152 Å². The van der Waals surface area contributed by atoms with Crippen LogP contribution in [-0.4, -0.2) is 270 Å². The zero-order valence-electron chi connectivity index (χ0n) is 79.7. The van der Waals surface area contributed by atoms with E-state index in [0.29, 0.717) is 12.8 Å². The molecule has 132 heavy (non-hydrogen) atoms. The SMILES string of the molecule is CC[C@H](C)[C@H](NC(=O)[C@H](C)NC(=O)[C@H](CCC(=O)O)NC(=O)[C@@H](NC(=O)[C@H](CCCN=C(N)N)NC(=O)[C@@H](N)CO)[C@@H](C)CC)C(=O)N[C@@H](CCCCN)C(=O)N[C@H](C(=O)N[C@@H](CCC(N)=O)C(=O)N[C@H](C(=O)N[C@@H](CC(C)C)C(=O)N[C@@H](CO)C(=O)N[C@@H](CCCCN)C(=O)N[C@@H](CC(C)C)C(=O)N[C@@H](CCCN=C(N)N)C(=O)N[C@@H](CC(C)C)C(N)=O)[C@@H](C)CC)[C@@H](C)CC. The van der Waals surface area contributed by atoms with Crippen molar-refractivity contribution in [1.29, 1.82) is 0 Å². The second-order valence-electron chi connectivity index (χ2n) is 35.0. The molecule has 0 saturated heterocycles. The van der Waals surface area contributed by atoms with Crippen LogP contribution in [0.4, 0.5) is 0 Å². The quantitative estimate of drug-likeness (QED) is 0.0153. The van der Waals surface area contributed by atoms with E-state index in [1.165, 1.54) is 6.92 Å². The average molecular weight is 1880 g/mol. The summed E-state index contributed by atoms with van der Waals surface area (Å²) in [5.74, 6) is -20.9. The molecular weight excluding hydrogens is 1720 g/mol. The third-order valence-electron chi connectivity index (χ3n) is 22.2. The fourth-order valence-electron chi connectivity index (χ4n) is 13.5. The van der Waals surface area contributed by atoms with Gasteiger partial charge in [0, 0.05) is 25.9 Å². The number of rotatable bonds is 69. The van der Waals surface area contributed by atoms with E-state index < -0.39 is 266 Å². The monoisotopic (exact) mass is 1880 g/mol. The van der Waals surface area contributed by atoms with E-state index in [4.69, 9.17) is 51.6 Å². The smallest absolute Gasteiger partial charge is 0.303 e. The Morgan fingerprint density at radius 1 is 0.288 bits per heavy atom. The van der Waals surface area contributed by atoms with Gasteiger partial charge in [-0.15, -0.1) is 0 Å². The lowest BCUT2D eigenvalue weighted by molar-refractivity contribution is -0.139. The van der Waals surface area contributed by atoms with Gasteiger partial charge in [-0.05, 0) is 158 Å². The average Bonchev–Trinajstić information content (AvgIpc) is 0.858. The molecule has 0 spiro atoms. The van der Waals surface area contributed by atoms with E-state index in [9.17, 15) is 102 Å². The number of aliphatic hydroxyl groups excluding tert-OH is 2. The number of hydrogen-bond donors (Lipinski definition) is 27. The van der Waals surface area contributed by atoms with Crippen LogP contribution in [-0.2, 0) is 86.3 Å². The normalized spacial score (nSPS) is 15.8. The topological polar surface area (TPSA) is 807 Å². The number of aliphatic imine (C=N–C) groups is 2. The second kappa shape index (κ2) is 64.6. The molecule has 0 bridgehead atoms. The number of nitrogens with zero attached hydrogens (tertiary/aromatic N) is 2. The molecule has 754 valence electrons. The molecule has 20 atom stereocenters. The highest BCUT2D eigenvalue weighted by Gasteiger charge is 2.41. The Kier molecular flexibility index (Phi) is 59.1. The Hall–Kier alpha value is -11.2. The first-order valence-corrected chi connectivity index (χ1v) is 45.8. The van der Waals surface area contributed by atoms with E-state index in [1.54, 1.807) is 83.1 Å². The Morgan fingerprint density at radius 2 is 0.545 bits per heavy atom. The lowest BCUT2D eigenvalue weighted by Crippen LogP contribution is -2.62. The molecule has 0 aliphatic carbocycles. The summed E-state index contributed by atoms with van der Waals surface area (Å²) in [6.07, 6.45) is 0.203. The van der Waals surface area contributed by atoms with Gasteiger partial charge in [-0.1, -0.05) is 123 Å². The van der Waals surface area contributed by atoms with Crippen LogP contribution >= 0.6 is 0 Å². The highest BCUT2D eigenvalue weighted by Crippen LogP contribution is 2.20. The van der Waals surface area contributed by atoms with Crippen LogP contribution in [0, 0.1) is 41.4 Å². The van der Waals surface area contributed by atoms with Gasteiger partial charge in [0.25, 0.3) is 0 Å². The van der Waals surface area contributed by atoms with Crippen molar-refractivity contribution >= 4 is 118 Å². The molecule has 0 rings (SSSR count). The maximum Gasteiger partial charge on any atom is 0.303 e. The van der Waals surface area contributed by atoms with Crippen molar-refractivity contribution in [3.63, 3.8) is 0 Å². The Balaban J connectivity index is 7.27. The summed E-state index contributed by atoms with van der Waals surface area (Å²) >= 11 is 0. The van der Waals surface area contributed by atoms with Gasteiger partial charge >= 0.3 is 5.97 Å². The lowest BCUT2D eigenvalue weighted by atomic mass is 9.95. The minimum Gasteiger partial charge on any atom is -0.481 e. The van der Waals surface area contributed by atoms with E-state index in [1.807, 2.05) is 13.8 Å². The molecule has 0 heterocycles. The van der Waals surface area contributed by atoms with Crippen molar-refractivity contribution in [2.75, 3.05) is 39.4 Å². The number of guanidine groups is 2. The number of unbranched alkanes of at least 4 members (excludes halogenated alkanes) is 2. The van der Waals surface area contributed by atoms with Gasteiger partial charge in [-0.2, -0.15) is 0 Å². The Morgan fingerprint density at radius 3 is 0.848 bits per heavy atom. The van der Waals surface area contributed by atoms with Gasteiger partial charge in [-0.25, -0.2) is 0 Å². The molecule has 0 unspecified atom stereocenters. The van der Waals surface area contributed by atoms with Gasteiger partial charge in [0.1, 0.15) is 96.7 Å². The second-order valence-corrected chi connectivity index (χ2v) is 35.0. The van der Waals surface area contributed by atoms with Crippen LogP contribution in [0.3, 0.4) is 0 Å². The molecule has 0 aromatic heterocycles. The molecule has 0 aliphatic rings. The summed E-state index contributed by atoms with van der Waals surface area (Å²) in [6, 6.07) is -23.3. The number of aliphatic hydroxyl groups is 2. The summed E-state index contributed by atoms with van der Waals surface area (Å²) in [7, 11) is 0. The number of carbonyl (C=O) groups is 18. The first-order chi connectivity index (χ1) is 61.9. The molecule has 0 aromatic carbocycles. The number of carboxylic acid groups (broad SMARTS) is 1. The highest BCUT2D eigenvalue weighted by atomic mass is 16.4. The molecule has 0 radical (unpaired) electrons. The van der Waals surface area contributed by atoms with Crippen molar-refractivity contribution in [3.05, 3.63) is 0 Å². The molecule has 36 N–H and O–H groups in total. The molecule has 0 aliphatic heterocycles.